The van der Waals surface area contributed by atoms with Crippen molar-refractivity contribution in [1.82, 2.24) is 19.1 Å². The van der Waals surface area contributed by atoms with Crippen molar-refractivity contribution in [2.75, 3.05) is 47.0 Å². The molecule has 2 aromatic carbocycles. The molecule has 308 valence electrons. The molecular formula is C46H52I2N8O3. The van der Waals surface area contributed by atoms with Crippen molar-refractivity contribution >= 4 is 80.1 Å². The van der Waals surface area contributed by atoms with Gasteiger partial charge in [0.05, 0.1) is 24.5 Å². The maximum absolute atomic E-state index is 12.9. The second kappa shape index (κ2) is 21.4. The van der Waals surface area contributed by atoms with E-state index in [1.807, 2.05) is 110 Å². The summed E-state index contributed by atoms with van der Waals surface area (Å²) in [6.45, 7) is 9.22. The van der Waals surface area contributed by atoms with Crippen LogP contribution in [0.3, 0.4) is 0 Å². The number of benzene rings is 2. The summed E-state index contributed by atoms with van der Waals surface area (Å²) in [5.41, 5.74) is 11.9. The molecule has 0 atom stereocenters. The number of nitrogen functional groups attached to an aromatic ring is 1. The zero-order valence-corrected chi connectivity index (χ0v) is 38.0. The molecule has 2 saturated heterocycles. The highest BCUT2D eigenvalue weighted by Crippen LogP contribution is 2.21. The van der Waals surface area contributed by atoms with E-state index in [2.05, 4.69) is 72.4 Å². The maximum atomic E-state index is 12.9. The van der Waals surface area contributed by atoms with Crippen molar-refractivity contribution in [1.29, 1.82) is 0 Å². The van der Waals surface area contributed by atoms with Crippen LogP contribution in [0.1, 0.15) is 82.0 Å². The molecule has 4 aromatic heterocycles. The first-order valence-corrected chi connectivity index (χ1v) is 22.2. The maximum Gasteiger partial charge on any atom is 0.352 e. The molecule has 0 bridgehead atoms. The Morgan fingerprint density at radius 1 is 0.644 bits per heavy atom. The van der Waals surface area contributed by atoms with E-state index in [0.717, 1.165) is 75.3 Å². The van der Waals surface area contributed by atoms with Crippen LogP contribution in [0.5, 0.6) is 0 Å². The first-order chi connectivity index (χ1) is 28.5. The Bertz CT molecular complexity index is 2270. The lowest BCUT2D eigenvalue weighted by Gasteiger charge is -2.28. The number of carbonyl (C=O) groups is 2. The number of halogens is 2. The number of aromatic nitrogens is 4. The monoisotopic (exact) mass is 1020 g/mol. The molecule has 13 heteroatoms. The first kappa shape index (κ1) is 43.7. The minimum atomic E-state index is -0.903. The van der Waals surface area contributed by atoms with E-state index in [1.165, 1.54) is 42.1 Å². The van der Waals surface area contributed by atoms with Crippen molar-refractivity contribution in [3.05, 3.63) is 150 Å². The Kier molecular flexibility index (Phi) is 15.8. The fraction of sp³-hybridized carbons (Fsp3) is 0.304. The highest BCUT2D eigenvalue weighted by molar-refractivity contribution is 14.1. The SMILES string of the molecule is Cc1cc(C(=O)Nc2ccc(I)cc2)n(Cc2cccc(N3CCCCC3)n2)c1.Cc1cc(C(=O)O)n(Cc2cccc(N3CCCCC3)n2)c1.Nc1ccc(I)cc1. The van der Waals surface area contributed by atoms with Crippen LogP contribution in [0.2, 0.25) is 0 Å². The van der Waals surface area contributed by atoms with Crippen LogP contribution < -0.4 is 20.9 Å². The fourth-order valence-electron chi connectivity index (χ4n) is 7.19. The van der Waals surface area contributed by atoms with Gasteiger partial charge in [0.25, 0.3) is 5.91 Å². The van der Waals surface area contributed by atoms with Crippen LogP contribution in [0.25, 0.3) is 0 Å². The summed E-state index contributed by atoms with van der Waals surface area (Å²) in [6.07, 6.45) is 11.4. The van der Waals surface area contributed by atoms with Crippen molar-refractivity contribution in [2.24, 2.45) is 0 Å². The fourth-order valence-corrected chi connectivity index (χ4v) is 7.91. The van der Waals surface area contributed by atoms with Crippen LogP contribution in [-0.4, -0.2) is 62.3 Å². The molecule has 0 unspecified atom stereocenters. The van der Waals surface area contributed by atoms with Gasteiger partial charge in [-0.25, -0.2) is 14.8 Å². The summed E-state index contributed by atoms with van der Waals surface area (Å²) in [4.78, 5) is 38.4. The molecule has 8 rings (SSSR count). The van der Waals surface area contributed by atoms with Crippen molar-refractivity contribution in [3.8, 4) is 0 Å². The lowest BCUT2D eigenvalue weighted by atomic mass is 10.1. The zero-order valence-electron chi connectivity index (χ0n) is 33.7. The van der Waals surface area contributed by atoms with Gasteiger partial charge in [0.2, 0.25) is 0 Å². The molecule has 6 heterocycles. The predicted molar refractivity (Wildman–Crippen MR) is 255 cm³/mol. The Hall–Kier alpha value is -4.90. The molecule has 0 aliphatic carbocycles. The molecule has 0 saturated carbocycles. The molecule has 2 aliphatic heterocycles. The topological polar surface area (TPSA) is 135 Å². The summed E-state index contributed by atoms with van der Waals surface area (Å²) < 4.78 is 6.09. The molecule has 2 aliphatic rings. The number of aromatic carboxylic acids is 1. The Morgan fingerprint density at radius 3 is 1.54 bits per heavy atom. The van der Waals surface area contributed by atoms with Gasteiger partial charge in [-0.05, 0) is 194 Å². The molecule has 0 spiro atoms. The van der Waals surface area contributed by atoms with E-state index in [1.54, 1.807) is 10.6 Å². The summed E-state index contributed by atoms with van der Waals surface area (Å²) >= 11 is 4.50. The highest BCUT2D eigenvalue weighted by atomic mass is 127. The molecule has 1 amide bonds. The minimum absolute atomic E-state index is 0.105. The number of pyridine rings is 2. The second-order valence-corrected chi connectivity index (χ2v) is 17.4. The summed E-state index contributed by atoms with van der Waals surface area (Å²) in [5.74, 6) is 1.03. The first-order valence-electron chi connectivity index (χ1n) is 20.1. The van der Waals surface area contributed by atoms with E-state index in [9.17, 15) is 14.7 Å². The number of carboxylic acid groups (broad SMARTS) is 1. The van der Waals surface area contributed by atoms with E-state index >= 15 is 0 Å². The van der Waals surface area contributed by atoms with Crippen LogP contribution >= 0.6 is 45.2 Å². The Morgan fingerprint density at radius 2 is 1.08 bits per heavy atom. The summed E-state index contributed by atoms with van der Waals surface area (Å²) in [7, 11) is 0. The largest absolute Gasteiger partial charge is 0.477 e. The lowest BCUT2D eigenvalue weighted by Crippen LogP contribution is -2.30. The molecular weight excluding hydrogens is 966 g/mol. The normalized spacial score (nSPS) is 13.8. The average Bonchev–Trinajstić information content (AvgIpc) is 3.81. The van der Waals surface area contributed by atoms with Crippen molar-refractivity contribution in [2.45, 2.75) is 65.5 Å². The van der Waals surface area contributed by atoms with Crippen molar-refractivity contribution < 1.29 is 14.7 Å². The zero-order chi connectivity index (χ0) is 41.7. The Balaban J connectivity index is 0.000000171. The molecule has 6 aromatic rings. The van der Waals surface area contributed by atoms with Crippen LogP contribution in [0.4, 0.5) is 23.0 Å². The van der Waals surface area contributed by atoms with E-state index in [-0.39, 0.29) is 5.91 Å². The summed E-state index contributed by atoms with van der Waals surface area (Å²) in [5, 5.41) is 12.3. The molecule has 59 heavy (non-hydrogen) atoms. The van der Waals surface area contributed by atoms with E-state index in [4.69, 9.17) is 15.7 Å². The number of hydrogen-bond acceptors (Lipinski definition) is 7. The standard InChI is InChI=1S/C23H25IN4O.C17H21N3O2.C6H6IN/c1-17-14-21(23(29)26-19-10-8-18(24)9-11-19)28(15-17)16-20-6-5-7-22(25-20)27-12-3-2-4-13-27;1-13-10-15(17(21)22)20(11-13)12-14-6-5-7-16(18-14)19-8-3-2-4-9-19;7-5-1-3-6(8)4-2-5/h5-11,14-15H,2-4,12-13,16H2,1H3,(H,26,29);5-7,10-11H,2-4,8-9,12H2,1H3,(H,21,22);1-4H,8H2. The highest BCUT2D eigenvalue weighted by Gasteiger charge is 2.17. The lowest BCUT2D eigenvalue weighted by molar-refractivity contribution is 0.0685. The van der Waals surface area contributed by atoms with Crippen LogP contribution in [0, 0.1) is 21.0 Å². The number of nitrogens with zero attached hydrogens (tertiary/aromatic N) is 6. The number of carbonyl (C=O) groups excluding carboxylic acids is 1. The second-order valence-electron chi connectivity index (χ2n) is 14.9. The number of amides is 1. The number of nitrogens with one attached hydrogen (secondary N) is 1. The average molecular weight is 1020 g/mol. The quantitative estimate of drug-likeness (QED) is 0.0964. The van der Waals surface area contributed by atoms with E-state index < -0.39 is 5.97 Å². The van der Waals surface area contributed by atoms with Gasteiger partial charge in [-0.15, -0.1) is 0 Å². The number of aryl methyl sites for hydroxylation is 2. The van der Waals surface area contributed by atoms with Gasteiger partial charge in [0.15, 0.2) is 0 Å². The number of rotatable bonds is 9. The Labute approximate surface area is 374 Å². The third kappa shape index (κ3) is 13.0. The van der Waals surface area contributed by atoms with E-state index in [0.29, 0.717) is 24.5 Å². The molecule has 4 N–H and O–H groups in total. The smallest absolute Gasteiger partial charge is 0.352 e. The minimum Gasteiger partial charge on any atom is -0.477 e. The third-order valence-corrected chi connectivity index (χ3v) is 11.5. The molecule has 2 fully saturated rings. The number of carboxylic acids is 1. The van der Waals surface area contributed by atoms with Gasteiger partial charge in [0, 0.05) is 57.1 Å². The third-order valence-electron chi connectivity index (χ3n) is 10.1. The number of hydrogen-bond donors (Lipinski definition) is 3. The van der Waals surface area contributed by atoms with Crippen LogP contribution in [0.15, 0.2) is 109 Å². The predicted octanol–water partition coefficient (Wildman–Crippen LogP) is 9.89. The number of anilines is 4. The van der Waals surface area contributed by atoms with Crippen LogP contribution in [-0.2, 0) is 13.1 Å². The van der Waals surface area contributed by atoms with Gasteiger partial charge >= 0.3 is 5.97 Å². The van der Waals surface area contributed by atoms with Gasteiger partial charge in [0.1, 0.15) is 23.0 Å². The van der Waals surface area contributed by atoms with Gasteiger partial charge in [-0.3, -0.25) is 4.79 Å². The van der Waals surface area contributed by atoms with Crippen molar-refractivity contribution in [3.63, 3.8) is 0 Å². The molecule has 11 nitrogen and oxygen atoms in total. The molecule has 0 radical (unpaired) electrons. The number of piperidine rings is 2. The van der Waals surface area contributed by atoms with Gasteiger partial charge in [-0.2, -0.15) is 0 Å². The van der Waals surface area contributed by atoms with Gasteiger partial charge in [-0.1, -0.05) is 12.1 Å². The summed E-state index contributed by atoms with van der Waals surface area (Å²) in [6, 6.07) is 31.3. The number of nitrogens with two attached hydrogens (primary N) is 1. The van der Waals surface area contributed by atoms with Gasteiger partial charge < -0.3 is 35.1 Å².